The van der Waals surface area contributed by atoms with Gasteiger partial charge in [0, 0.05) is 29.6 Å². The first kappa shape index (κ1) is 12.7. The summed E-state index contributed by atoms with van der Waals surface area (Å²) < 4.78 is 16.8. The number of imidazole rings is 1. The van der Waals surface area contributed by atoms with Crippen LogP contribution in [0.2, 0.25) is 0 Å². The normalized spacial score (nSPS) is 14.4. The summed E-state index contributed by atoms with van der Waals surface area (Å²) in [6.45, 7) is 0.0888. The van der Waals surface area contributed by atoms with Crippen molar-refractivity contribution in [3.8, 4) is 0 Å². The first-order valence-corrected chi connectivity index (χ1v) is 6.42. The van der Waals surface area contributed by atoms with E-state index in [0.717, 1.165) is 12.8 Å². The monoisotopic (exact) mass is 275 g/mol. The lowest BCUT2D eigenvalue weighted by atomic mass is 10.1. The first-order chi connectivity index (χ1) is 9.56. The Kier molecular flexibility index (Phi) is 2.93. The van der Waals surface area contributed by atoms with E-state index >= 15 is 0 Å². The third-order valence-corrected chi connectivity index (χ3v) is 3.48. The van der Waals surface area contributed by atoms with Gasteiger partial charge in [0.15, 0.2) is 0 Å². The van der Waals surface area contributed by atoms with Crippen LogP contribution in [0.4, 0.5) is 4.39 Å². The predicted molar refractivity (Wildman–Crippen MR) is 71.0 cm³/mol. The van der Waals surface area contributed by atoms with Crippen LogP contribution in [-0.2, 0) is 6.54 Å². The van der Waals surface area contributed by atoms with Crippen LogP contribution in [0.25, 0.3) is 0 Å². The van der Waals surface area contributed by atoms with Gasteiger partial charge < -0.3 is 5.73 Å². The molecule has 1 fully saturated rings. The predicted octanol–water partition coefficient (Wildman–Crippen LogP) is 1.27. The van der Waals surface area contributed by atoms with Crippen molar-refractivity contribution in [2.75, 3.05) is 0 Å². The molecule has 0 radical (unpaired) electrons. The fourth-order valence-corrected chi connectivity index (χ4v) is 2.21. The number of hydrogen-bond acceptors (Lipinski definition) is 2. The lowest BCUT2D eigenvalue weighted by Gasteiger charge is -2.05. The molecule has 0 unspecified atom stereocenters. The molecule has 2 N–H and O–H groups in total. The summed E-state index contributed by atoms with van der Waals surface area (Å²) >= 11 is 0. The van der Waals surface area contributed by atoms with Gasteiger partial charge in [-0.3, -0.25) is 13.9 Å². The van der Waals surface area contributed by atoms with Crippen LogP contribution in [0.3, 0.4) is 0 Å². The van der Waals surface area contributed by atoms with Crippen LogP contribution >= 0.6 is 0 Å². The average molecular weight is 275 g/mol. The zero-order chi connectivity index (χ0) is 14.3. The summed E-state index contributed by atoms with van der Waals surface area (Å²) in [6, 6.07) is 4.20. The highest BCUT2D eigenvalue weighted by Crippen LogP contribution is 2.33. The molecule has 2 aromatic rings. The van der Waals surface area contributed by atoms with Crippen molar-refractivity contribution in [1.82, 2.24) is 9.13 Å². The van der Waals surface area contributed by atoms with Crippen molar-refractivity contribution in [1.29, 1.82) is 0 Å². The minimum absolute atomic E-state index is 0.0888. The maximum Gasteiger partial charge on any atom is 0.328 e. The number of nitrogens with two attached hydrogens (primary N) is 1. The van der Waals surface area contributed by atoms with Crippen molar-refractivity contribution in [3.05, 3.63) is 58.0 Å². The smallest absolute Gasteiger partial charge is 0.328 e. The fourth-order valence-electron chi connectivity index (χ4n) is 2.21. The Hall–Kier alpha value is -2.37. The van der Waals surface area contributed by atoms with Gasteiger partial charge in [-0.1, -0.05) is 0 Å². The number of amides is 1. The zero-order valence-electron chi connectivity index (χ0n) is 10.8. The Labute approximate surface area is 114 Å². The summed E-state index contributed by atoms with van der Waals surface area (Å²) in [5.41, 5.74) is 5.53. The second kappa shape index (κ2) is 4.63. The molecule has 0 saturated heterocycles. The molecular weight excluding hydrogens is 261 g/mol. The highest BCUT2D eigenvalue weighted by Gasteiger charge is 2.25. The Morgan fingerprint density at radius 2 is 2.10 bits per heavy atom. The van der Waals surface area contributed by atoms with E-state index in [1.807, 2.05) is 0 Å². The summed E-state index contributed by atoms with van der Waals surface area (Å²) in [4.78, 5) is 23.2. The van der Waals surface area contributed by atoms with Crippen molar-refractivity contribution < 1.29 is 9.18 Å². The van der Waals surface area contributed by atoms with Gasteiger partial charge >= 0.3 is 5.69 Å². The number of aromatic nitrogens is 2. The molecule has 1 aromatic carbocycles. The van der Waals surface area contributed by atoms with Gasteiger partial charge in [-0.2, -0.15) is 0 Å². The molecule has 1 aliphatic carbocycles. The highest BCUT2D eigenvalue weighted by molar-refractivity contribution is 5.92. The minimum atomic E-state index is -0.617. The zero-order valence-corrected chi connectivity index (χ0v) is 10.8. The number of carbonyl (C=O) groups is 1. The number of benzene rings is 1. The Morgan fingerprint density at radius 1 is 1.35 bits per heavy atom. The number of halogens is 1. The Bertz CT molecular complexity index is 728. The summed E-state index contributed by atoms with van der Waals surface area (Å²) in [5.74, 6) is -1.07. The minimum Gasteiger partial charge on any atom is -0.366 e. The van der Waals surface area contributed by atoms with Gasteiger partial charge in [-0.25, -0.2) is 9.18 Å². The molecule has 0 aliphatic heterocycles. The Balaban J connectivity index is 1.92. The van der Waals surface area contributed by atoms with Crippen molar-refractivity contribution in [3.63, 3.8) is 0 Å². The lowest BCUT2D eigenvalue weighted by molar-refractivity contribution is 0.1000. The molecule has 1 aromatic heterocycles. The molecule has 1 aliphatic rings. The average Bonchev–Trinajstić information content (AvgIpc) is 3.18. The quantitative estimate of drug-likeness (QED) is 0.912. The third-order valence-electron chi connectivity index (χ3n) is 3.48. The highest BCUT2D eigenvalue weighted by atomic mass is 19.1. The summed E-state index contributed by atoms with van der Waals surface area (Å²) in [5, 5.41) is 0. The molecule has 3 rings (SSSR count). The molecule has 6 heteroatoms. The van der Waals surface area contributed by atoms with E-state index in [-0.39, 0.29) is 29.4 Å². The summed E-state index contributed by atoms with van der Waals surface area (Å²) in [6.07, 6.45) is 5.37. The van der Waals surface area contributed by atoms with Crippen LogP contribution in [0.1, 0.15) is 34.8 Å². The Morgan fingerprint density at radius 3 is 2.75 bits per heavy atom. The SMILES string of the molecule is NC(=O)c1ccc(F)c(Cn2ccn(C3CC3)c2=O)c1. The van der Waals surface area contributed by atoms with Crippen LogP contribution in [0.5, 0.6) is 0 Å². The number of rotatable bonds is 4. The maximum atomic E-state index is 13.8. The van der Waals surface area contributed by atoms with Gasteiger partial charge in [-0.15, -0.1) is 0 Å². The largest absolute Gasteiger partial charge is 0.366 e. The maximum absolute atomic E-state index is 13.8. The van der Waals surface area contributed by atoms with E-state index in [0.29, 0.717) is 0 Å². The standard InChI is InChI=1S/C14H14FN3O2/c15-12-4-1-9(13(16)19)7-10(12)8-17-5-6-18(14(17)20)11-2-3-11/h1,4-7,11H,2-3,8H2,(H2,16,19). The van der Waals surface area contributed by atoms with Crippen molar-refractivity contribution >= 4 is 5.91 Å². The molecule has 1 heterocycles. The van der Waals surface area contributed by atoms with Gasteiger partial charge in [0.25, 0.3) is 0 Å². The molecule has 1 saturated carbocycles. The van der Waals surface area contributed by atoms with E-state index in [1.165, 1.54) is 22.8 Å². The number of primary amides is 1. The van der Waals surface area contributed by atoms with E-state index in [4.69, 9.17) is 5.73 Å². The number of hydrogen-bond donors (Lipinski definition) is 1. The lowest BCUT2D eigenvalue weighted by Crippen LogP contribution is -2.24. The molecule has 0 spiro atoms. The van der Waals surface area contributed by atoms with Gasteiger partial charge in [0.1, 0.15) is 5.82 Å². The van der Waals surface area contributed by atoms with E-state index in [2.05, 4.69) is 0 Å². The molecule has 5 nitrogen and oxygen atoms in total. The van der Waals surface area contributed by atoms with Crippen molar-refractivity contribution in [2.24, 2.45) is 5.73 Å². The molecular formula is C14H14FN3O2. The van der Waals surface area contributed by atoms with E-state index < -0.39 is 11.7 Å². The second-order valence-corrected chi connectivity index (χ2v) is 5.02. The molecule has 20 heavy (non-hydrogen) atoms. The second-order valence-electron chi connectivity index (χ2n) is 5.02. The van der Waals surface area contributed by atoms with E-state index in [1.54, 1.807) is 17.0 Å². The molecule has 0 bridgehead atoms. The number of carbonyl (C=O) groups excluding carboxylic acids is 1. The molecule has 0 atom stereocenters. The molecule has 1 amide bonds. The molecule has 104 valence electrons. The van der Waals surface area contributed by atoms with Crippen LogP contribution in [0.15, 0.2) is 35.4 Å². The topological polar surface area (TPSA) is 70.0 Å². The number of nitrogens with zero attached hydrogens (tertiary/aromatic N) is 2. The van der Waals surface area contributed by atoms with Crippen LogP contribution in [0, 0.1) is 5.82 Å². The van der Waals surface area contributed by atoms with Crippen LogP contribution in [-0.4, -0.2) is 15.0 Å². The third kappa shape index (κ3) is 2.24. The van der Waals surface area contributed by atoms with Gasteiger partial charge in [0.2, 0.25) is 5.91 Å². The summed E-state index contributed by atoms with van der Waals surface area (Å²) in [7, 11) is 0. The van der Waals surface area contributed by atoms with E-state index in [9.17, 15) is 14.0 Å². The van der Waals surface area contributed by atoms with Crippen LogP contribution < -0.4 is 11.4 Å². The first-order valence-electron chi connectivity index (χ1n) is 6.42. The van der Waals surface area contributed by atoms with Gasteiger partial charge in [-0.05, 0) is 31.0 Å². The fraction of sp³-hybridized carbons (Fsp3) is 0.286. The van der Waals surface area contributed by atoms with Gasteiger partial charge in [0.05, 0.1) is 6.54 Å². The van der Waals surface area contributed by atoms with Crippen molar-refractivity contribution in [2.45, 2.75) is 25.4 Å².